The molecule has 1 aliphatic heterocycles. The van der Waals surface area contributed by atoms with Crippen molar-refractivity contribution in [3.63, 3.8) is 0 Å². The van der Waals surface area contributed by atoms with Gasteiger partial charge in [-0.2, -0.15) is 0 Å². The predicted octanol–water partition coefficient (Wildman–Crippen LogP) is 3.86. The summed E-state index contributed by atoms with van der Waals surface area (Å²) in [6.07, 6.45) is 8.18. The highest BCUT2D eigenvalue weighted by atomic mass is 15.2. The molecule has 0 N–H and O–H groups in total. The lowest BCUT2D eigenvalue weighted by Crippen LogP contribution is -2.30. The van der Waals surface area contributed by atoms with Crippen molar-refractivity contribution >= 4 is 5.82 Å². The van der Waals surface area contributed by atoms with Crippen LogP contribution < -0.4 is 4.90 Å². The molecule has 1 aliphatic rings. The van der Waals surface area contributed by atoms with Gasteiger partial charge in [0.25, 0.3) is 0 Å². The van der Waals surface area contributed by atoms with E-state index >= 15 is 0 Å². The summed E-state index contributed by atoms with van der Waals surface area (Å²) in [6.45, 7) is 2.33. The van der Waals surface area contributed by atoms with Crippen molar-refractivity contribution in [2.24, 2.45) is 0 Å². The third kappa shape index (κ3) is 3.38. The molecule has 0 bridgehead atoms. The smallest absolute Gasteiger partial charge is 0.128 e. The third-order valence-electron chi connectivity index (χ3n) is 4.03. The van der Waals surface area contributed by atoms with Gasteiger partial charge in [-0.15, -0.1) is 0 Å². The first-order valence-corrected chi connectivity index (χ1v) is 7.66. The minimum atomic E-state index is 1.07. The zero-order chi connectivity index (χ0) is 13.6. The van der Waals surface area contributed by atoms with Gasteiger partial charge in [0.1, 0.15) is 5.82 Å². The summed E-state index contributed by atoms with van der Waals surface area (Å²) in [5, 5.41) is 0. The molecule has 2 nitrogen and oxygen atoms in total. The van der Waals surface area contributed by atoms with Gasteiger partial charge in [0.2, 0.25) is 0 Å². The van der Waals surface area contributed by atoms with Crippen LogP contribution in [0.25, 0.3) is 0 Å². The number of hydrogen-bond donors (Lipinski definition) is 0. The largest absolute Gasteiger partial charge is 0.357 e. The Labute approximate surface area is 121 Å². The predicted molar refractivity (Wildman–Crippen MR) is 84.2 cm³/mol. The number of piperidine rings is 1. The topological polar surface area (TPSA) is 16.1 Å². The molecule has 1 aromatic carbocycles. The van der Waals surface area contributed by atoms with E-state index < -0.39 is 0 Å². The molecule has 0 atom stereocenters. The average molecular weight is 266 g/mol. The zero-order valence-corrected chi connectivity index (χ0v) is 12.0. The van der Waals surface area contributed by atoms with Crippen LogP contribution in [0.5, 0.6) is 0 Å². The number of anilines is 1. The summed E-state index contributed by atoms with van der Waals surface area (Å²) in [4.78, 5) is 7.05. The maximum absolute atomic E-state index is 4.64. The molecule has 20 heavy (non-hydrogen) atoms. The monoisotopic (exact) mass is 266 g/mol. The van der Waals surface area contributed by atoms with Crippen molar-refractivity contribution in [2.45, 2.75) is 32.1 Å². The fraction of sp³-hybridized carbons (Fsp3) is 0.389. The molecule has 2 aromatic rings. The van der Waals surface area contributed by atoms with Crippen LogP contribution in [0.2, 0.25) is 0 Å². The number of hydrogen-bond acceptors (Lipinski definition) is 2. The second-order valence-corrected chi connectivity index (χ2v) is 5.56. The van der Waals surface area contributed by atoms with Crippen LogP contribution in [0.15, 0.2) is 48.7 Å². The Bertz CT molecular complexity index is 513. The molecule has 2 heteroatoms. The van der Waals surface area contributed by atoms with E-state index in [1.807, 2.05) is 6.20 Å². The van der Waals surface area contributed by atoms with Gasteiger partial charge in [0, 0.05) is 19.3 Å². The summed E-state index contributed by atoms with van der Waals surface area (Å²) in [5.41, 5.74) is 2.72. The molecule has 0 aliphatic carbocycles. The van der Waals surface area contributed by atoms with Crippen LogP contribution in [0.3, 0.4) is 0 Å². The number of pyridine rings is 1. The first kappa shape index (κ1) is 13.2. The zero-order valence-electron chi connectivity index (χ0n) is 12.0. The SMILES string of the molecule is c1ccc(CCc2ccc(N3CCCCC3)nc2)cc1. The molecule has 1 aromatic heterocycles. The van der Waals surface area contributed by atoms with Gasteiger partial charge in [-0.1, -0.05) is 36.4 Å². The van der Waals surface area contributed by atoms with Gasteiger partial charge in [-0.05, 0) is 49.3 Å². The quantitative estimate of drug-likeness (QED) is 0.835. The molecular formula is C18H22N2. The molecule has 0 saturated carbocycles. The number of nitrogens with zero attached hydrogens (tertiary/aromatic N) is 2. The Morgan fingerprint density at radius 3 is 2.25 bits per heavy atom. The molecule has 0 spiro atoms. The van der Waals surface area contributed by atoms with Gasteiger partial charge in [0.05, 0.1) is 0 Å². The standard InChI is InChI=1S/C18H22N2/c1-3-7-16(8-4-1)9-10-17-11-12-18(19-15-17)20-13-5-2-6-14-20/h1,3-4,7-8,11-12,15H,2,5-6,9-10,13-14H2. The molecule has 2 heterocycles. The Morgan fingerprint density at radius 2 is 1.55 bits per heavy atom. The van der Waals surface area contributed by atoms with Crippen LogP contribution >= 0.6 is 0 Å². The van der Waals surface area contributed by atoms with Crippen LogP contribution in [0.1, 0.15) is 30.4 Å². The van der Waals surface area contributed by atoms with Crippen LogP contribution in [0.4, 0.5) is 5.82 Å². The molecular weight excluding hydrogens is 244 g/mol. The summed E-state index contributed by atoms with van der Waals surface area (Å²) in [5.74, 6) is 1.15. The van der Waals surface area contributed by atoms with Crippen molar-refractivity contribution in [3.8, 4) is 0 Å². The van der Waals surface area contributed by atoms with E-state index in [2.05, 4.69) is 52.3 Å². The first-order valence-electron chi connectivity index (χ1n) is 7.66. The first-order chi connectivity index (χ1) is 9.92. The summed E-state index contributed by atoms with van der Waals surface area (Å²) in [7, 11) is 0. The number of aromatic nitrogens is 1. The van der Waals surface area contributed by atoms with Crippen molar-refractivity contribution in [1.82, 2.24) is 4.98 Å². The van der Waals surface area contributed by atoms with Gasteiger partial charge in [-0.25, -0.2) is 4.98 Å². The molecule has 1 fully saturated rings. The summed E-state index contributed by atoms with van der Waals surface area (Å²) < 4.78 is 0. The van der Waals surface area contributed by atoms with E-state index in [0.717, 1.165) is 31.7 Å². The lowest BCUT2D eigenvalue weighted by atomic mass is 10.1. The number of rotatable bonds is 4. The maximum Gasteiger partial charge on any atom is 0.128 e. The van der Waals surface area contributed by atoms with E-state index in [9.17, 15) is 0 Å². The second kappa shape index (κ2) is 6.56. The van der Waals surface area contributed by atoms with Gasteiger partial charge < -0.3 is 4.90 Å². The molecule has 0 unspecified atom stereocenters. The van der Waals surface area contributed by atoms with E-state index in [0.29, 0.717) is 0 Å². The lowest BCUT2D eigenvalue weighted by molar-refractivity contribution is 0.573. The fourth-order valence-electron chi connectivity index (χ4n) is 2.81. The van der Waals surface area contributed by atoms with Crippen LogP contribution in [0, 0.1) is 0 Å². The van der Waals surface area contributed by atoms with Crippen molar-refractivity contribution in [2.75, 3.05) is 18.0 Å². The Kier molecular flexibility index (Phi) is 4.32. The van der Waals surface area contributed by atoms with E-state index in [-0.39, 0.29) is 0 Å². The molecule has 0 amide bonds. The summed E-state index contributed by atoms with van der Waals surface area (Å²) in [6, 6.07) is 15.1. The summed E-state index contributed by atoms with van der Waals surface area (Å²) >= 11 is 0. The highest BCUT2D eigenvalue weighted by Crippen LogP contribution is 2.18. The van der Waals surface area contributed by atoms with E-state index in [1.54, 1.807) is 0 Å². The van der Waals surface area contributed by atoms with Crippen LogP contribution in [-0.2, 0) is 12.8 Å². The molecule has 3 rings (SSSR count). The number of benzene rings is 1. The Balaban J connectivity index is 1.58. The van der Waals surface area contributed by atoms with Crippen LogP contribution in [-0.4, -0.2) is 18.1 Å². The number of aryl methyl sites for hydroxylation is 2. The Morgan fingerprint density at radius 1 is 0.800 bits per heavy atom. The fourth-order valence-corrected chi connectivity index (χ4v) is 2.81. The molecule has 1 saturated heterocycles. The van der Waals surface area contributed by atoms with E-state index in [4.69, 9.17) is 0 Å². The minimum absolute atomic E-state index is 1.07. The molecule has 104 valence electrons. The second-order valence-electron chi connectivity index (χ2n) is 5.56. The van der Waals surface area contributed by atoms with Gasteiger partial charge >= 0.3 is 0 Å². The lowest BCUT2D eigenvalue weighted by Gasteiger charge is -2.27. The Hall–Kier alpha value is -1.83. The maximum atomic E-state index is 4.64. The highest BCUT2D eigenvalue weighted by Gasteiger charge is 2.11. The van der Waals surface area contributed by atoms with Crippen molar-refractivity contribution < 1.29 is 0 Å². The molecule has 0 radical (unpaired) electrons. The van der Waals surface area contributed by atoms with E-state index in [1.165, 1.54) is 30.4 Å². The third-order valence-corrected chi connectivity index (χ3v) is 4.03. The highest BCUT2D eigenvalue weighted by molar-refractivity contribution is 5.39. The van der Waals surface area contributed by atoms with Crippen molar-refractivity contribution in [3.05, 3.63) is 59.8 Å². The average Bonchev–Trinajstić information content (AvgIpc) is 2.55. The van der Waals surface area contributed by atoms with Crippen molar-refractivity contribution in [1.29, 1.82) is 0 Å². The minimum Gasteiger partial charge on any atom is -0.357 e. The van der Waals surface area contributed by atoms with Gasteiger partial charge in [-0.3, -0.25) is 0 Å². The normalized spacial score (nSPS) is 15.3. The van der Waals surface area contributed by atoms with Gasteiger partial charge in [0.15, 0.2) is 0 Å².